The first-order valence-electron chi connectivity index (χ1n) is 22.9. The molecule has 65 heavy (non-hydrogen) atoms. The van der Waals surface area contributed by atoms with Gasteiger partial charge < -0.3 is 14.2 Å². The van der Waals surface area contributed by atoms with E-state index in [9.17, 15) is 4.79 Å². The van der Waals surface area contributed by atoms with E-state index in [2.05, 4.69) is 153 Å². The second-order valence-electron chi connectivity index (χ2n) is 18.2. The molecule has 4 nitrogen and oxygen atoms in total. The number of hydrogen-bond acceptors (Lipinski definition) is 4. The van der Waals surface area contributed by atoms with E-state index in [-0.39, 0.29) is 13.2 Å². The molecule has 6 heteroatoms. The van der Waals surface area contributed by atoms with E-state index in [4.69, 9.17) is 14.2 Å². The molecule has 0 aromatic heterocycles. The van der Waals surface area contributed by atoms with E-state index in [0.717, 1.165) is 33.6 Å². The molecule has 0 atom stereocenters. The lowest BCUT2D eigenvalue weighted by atomic mass is 10.0. The number of carbonyl (C=O) groups is 1. The summed E-state index contributed by atoms with van der Waals surface area (Å²) in [6.45, 7) is 30.1. The van der Waals surface area contributed by atoms with Crippen LogP contribution in [0.15, 0.2) is 84.9 Å². The second-order valence-corrected chi connectivity index (χ2v) is 29.4. The van der Waals surface area contributed by atoms with Crippen molar-refractivity contribution >= 4 is 22.1 Å². The lowest BCUT2D eigenvalue weighted by Gasteiger charge is -2.38. The van der Waals surface area contributed by atoms with Crippen molar-refractivity contribution < 1.29 is 19.0 Å². The van der Waals surface area contributed by atoms with E-state index < -0.39 is 22.1 Å². The highest BCUT2D eigenvalue weighted by Crippen LogP contribution is 2.42. The number of rotatable bonds is 12. The maximum absolute atomic E-state index is 13.1. The van der Waals surface area contributed by atoms with Crippen molar-refractivity contribution in [1.29, 1.82) is 0 Å². The Balaban J connectivity index is 1.71. The normalized spacial score (nSPS) is 10.9. The first-order valence-corrected chi connectivity index (χ1v) is 27.4. The highest BCUT2D eigenvalue weighted by Gasteiger charge is 2.42. The topological polar surface area (TPSA) is 44.8 Å². The van der Waals surface area contributed by atoms with Gasteiger partial charge in [0.15, 0.2) is 5.75 Å². The van der Waals surface area contributed by atoms with Crippen LogP contribution >= 0.6 is 0 Å². The van der Waals surface area contributed by atoms with Gasteiger partial charge in [-0.2, -0.15) is 0 Å². The highest BCUT2D eigenvalue weighted by atomic mass is 28.3. The van der Waals surface area contributed by atoms with Crippen LogP contribution in [0, 0.1) is 70.3 Å². The van der Waals surface area contributed by atoms with Gasteiger partial charge in [0.1, 0.15) is 28.5 Å². The Labute approximate surface area is 394 Å². The van der Waals surface area contributed by atoms with Crippen LogP contribution in [0.2, 0.25) is 33.2 Å². The number of esters is 1. The van der Waals surface area contributed by atoms with Crippen molar-refractivity contribution in [2.75, 3.05) is 13.7 Å². The van der Waals surface area contributed by atoms with Crippen LogP contribution in [0.1, 0.15) is 139 Å². The molecule has 0 heterocycles. The molecular weight excluding hydrogens is 829 g/mol. The predicted molar refractivity (Wildman–Crippen MR) is 276 cm³/mol. The fraction of sp³-hybridized carbons (Fsp3) is 0.373. The van der Waals surface area contributed by atoms with E-state index in [1.165, 1.54) is 0 Å². The van der Waals surface area contributed by atoms with Crippen molar-refractivity contribution in [2.45, 2.75) is 130 Å². The molecule has 0 aliphatic rings. The van der Waals surface area contributed by atoms with Gasteiger partial charge in [-0.05, 0) is 154 Å². The Morgan fingerprint density at radius 3 is 1.20 bits per heavy atom. The SMILES string of the molecule is CCOC(=O)c1cc(C#CC#Cc2ccc(C#C[Si](C(C)C)(C(C)C)C(C)C)cc2)c(OCc2ccc(OC)cc2)c(C#CC#Cc2ccc(C#C[Si](C(C)C)(C(C)C)C(C)C)cc2)c1. The second kappa shape index (κ2) is 24.1. The summed E-state index contributed by atoms with van der Waals surface area (Å²) < 4.78 is 17.2. The first kappa shape index (κ1) is 51.4. The molecule has 0 bridgehead atoms. The Kier molecular flexibility index (Phi) is 19.1. The van der Waals surface area contributed by atoms with Gasteiger partial charge in [0.2, 0.25) is 0 Å². The van der Waals surface area contributed by atoms with Crippen molar-refractivity contribution in [1.82, 2.24) is 0 Å². The summed E-state index contributed by atoms with van der Waals surface area (Å²) in [5, 5.41) is 0. The third-order valence-electron chi connectivity index (χ3n) is 12.4. The first-order chi connectivity index (χ1) is 31.0. The molecule has 0 amide bonds. The molecule has 4 aromatic rings. The number of benzene rings is 4. The fourth-order valence-corrected chi connectivity index (χ4v) is 19.5. The molecule has 0 spiro atoms. The van der Waals surface area contributed by atoms with Crippen molar-refractivity contribution in [2.24, 2.45) is 0 Å². The zero-order valence-corrected chi connectivity index (χ0v) is 43.1. The molecule has 334 valence electrons. The maximum Gasteiger partial charge on any atom is 0.338 e. The number of methoxy groups -OCH3 is 1. The molecule has 0 aliphatic heterocycles. The molecule has 0 N–H and O–H groups in total. The van der Waals surface area contributed by atoms with Gasteiger partial charge in [0, 0.05) is 22.3 Å². The smallest absolute Gasteiger partial charge is 0.338 e. The van der Waals surface area contributed by atoms with Crippen LogP contribution in [0.4, 0.5) is 0 Å². The maximum atomic E-state index is 13.1. The summed E-state index contributed by atoms with van der Waals surface area (Å²) in [5.74, 6) is 32.3. The van der Waals surface area contributed by atoms with Gasteiger partial charge >= 0.3 is 5.97 Å². The largest absolute Gasteiger partial charge is 0.497 e. The van der Waals surface area contributed by atoms with Gasteiger partial charge in [-0.25, -0.2) is 4.79 Å². The van der Waals surface area contributed by atoms with E-state index in [1.807, 2.05) is 72.8 Å². The van der Waals surface area contributed by atoms with Crippen LogP contribution in [0.25, 0.3) is 0 Å². The summed E-state index contributed by atoms with van der Waals surface area (Å²) in [4.78, 5) is 13.1. The summed E-state index contributed by atoms with van der Waals surface area (Å²) in [6.07, 6.45) is 0. The molecule has 0 radical (unpaired) electrons. The Hall–Kier alpha value is -6.26. The van der Waals surface area contributed by atoms with Crippen LogP contribution in [0.3, 0.4) is 0 Å². The predicted octanol–water partition coefficient (Wildman–Crippen LogP) is 13.4. The molecule has 4 rings (SSSR count). The zero-order valence-electron chi connectivity index (χ0n) is 41.1. The van der Waals surface area contributed by atoms with Gasteiger partial charge in [0.05, 0.1) is 30.4 Å². The lowest BCUT2D eigenvalue weighted by molar-refractivity contribution is 0.0526. The summed E-state index contributed by atoms with van der Waals surface area (Å²) >= 11 is 0. The number of hydrogen-bond donors (Lipinski definition) is 0. The van der Waals surface area contributed by atoms with E-state index in [0.29, 0.717) is 55.7 Å². The van der Waals surface area contributed by atoms with Crippen LogP contribution in [-0.4, -0.2) is 35.8 Å². The Morgan fingerprint density at radius 2 is 0.862 bits per heavy atom. The number of ether oxygens (including phenoxy) is 3. The molecule has 0 saturated carbocycles. The summed E-state index contributed by atoms with van der Waals surface area (Å²) in [6, 6.07) is 26.9. The molecule has 0 fully saturated rings. The minimum atomic E-state index is -1.85. The number of carbonyl (C=O) groups excluding carboxylic acids is 1. The Morgan fingerprint density at radius 1 is 0.508 bits per heavy atom. The van der Waals surface area contributed by atoms with Gasteiger partial charge in [-0.15, -0.1) is 11.1 Å². The van der Waals surface area contributed by atoms with Crippen LogP contribution < -0.4 is 9.47 Å². The molecular formula is C59H66O4Si2. The monoisotopic (exact) mass is 894 g/mol. The Bertz CT molecular complexity index is 2460. The van der Waals surface area contributed by atoms with Crippen LogP contribution in [-0.2, 0) is 11.3 Å². The molecule has 4 aromatic carbocycles. The molecule has 0 unspecified atom stereocenters. The van der Waals surface area contributed by atoms with Gasteiger partial charge in [0.25, 0.3) is 0 Å². The quantitative estimate of drug-likeness (QED) is 0.0807. The lowest BCUT2D eigenvalue weighted by Crippen LogP contribution is -2.43. The summed E-state index contributed by atoms with van der Waals surface area (Å²) in [7, 11) is -2.06. The van der Waals surface area contributed by atoms with Crippen molar-refractivity contribution in [3.8, 4) is 81.8 Å². The zero-order chi connectivity index (χ0) is 47.7. The third kappa shape index (κ3) is 13.4. The van der Waals surface area contributed by atoms with E-state index >= 15 is 0 Å². The minimum Gasteiger partial charge on any atom is -0.497 e. The minimum absolute atomic E-state index is 0.217. The summed E-state index contributed by atoms with van der Waals surface area (Å²) in [5.41, 5.74) is 16.7. The van der Waals surface area contributed by atoms with Crippen molar-refractivity contribution in [3.05, 3.63) is 129 Å². The van der Waals surface area contributed by atoms with Crippen LogP contribution in [0.5, 0.6) is 11.5 Å². The molecule has 0 aliphatic carbocycles. The van der Waals surface area contributed by atoms with Gasteiger partial charge in [-0.1, -0.05) is 119 Å². The third-order valence-corrected chi connectivity index (χ3v) is 25.0. The average molecular weight is 895 g/mol. The standard InChI is InChI=1S/C59H66O4Si2/c1-15-62-59(60)56-40-54(22-18-16-20-49-24-28-51(29-25-49)36-38-64(43(2)3,44(4)5)45(6)7)58(63-42-53-32-34-57(61-14)35-33-53)55(41-56)23-19-17-21-50-26-30-52(31-27-50)37-39-65(46(8)9,47(10)11)48(12)13/h24-35,40-41,43-48H,15,42H2,1-14H3. The van der Waals surface area contributed by atoms with Gasteiger partial charge in [-0.3, -0.25) is 0 Å². The fourth-order valence-electron chi connectivity index (χ4n) is 9.08. The highest BCUT2D eigenvalue weighted by molar-refractivity contribution is 6.91. The average Bonchev–Trinajstić information content (AvgIpc) is 3.27. The molecule has 0 saturated heterocycles. The van der Waals surface area contributed by atoms with Crippen molar-refractivity contribution in [3.63, 3.8) is 0 Å². The van der Waals surface area contributed by atoms with E-state index in [1.54, 1.807) is 26.2 Å².